The van der Waals surface area contributed by atoms with E-state index in [9.17, 15) is 4.79 Å². The summed E-state index contributed by atoms with van der Waals surface area (Å²) in [5.41, 5.74) is 0. The number of carbonyl (C=O) groups is 1. The van der Waals surface area contributed by atoms with Crippen molar-refractivity contribution >= 4 is 124 Å². The van der Waals surface area contributed by atoms with E-state index in [-0.39, 0.29) is 25.3 Å². The molecule has 6 aromatic rings. The van der Waals surface area contributed by atoms with Crippen LogP contribution in [0.15, 0.2) is 182 Å². The van der Waals surface area contributed by atoms with Crippen LogP contribution < -0.4 is 31.1 Å². The molecule has 0 aliphatic carbocycles. The molecule has 0 radical (unpaired) electrons. The Morgan fingerprint density at radius 1 is 0.529 bits per heavy atom. The summed E-state index contributed by atoms with van der Waals surface area (Å²) in [6.07, 6.45) is 0.392. The van der Waals surface area contributed by atoms with Gasteiger partial charge in [-0.3, -0.25) is 4.79 Å². The average Bonchev–Trinajstić information content (AvgIpc) is 3.42. The summed E-state index contributed by atoms with van der Waals surface area (Å²) in [4.78, 5) is 13.2. The largest absolute Gasteiger partial charge is 0.522 e. The minimum Gasteiger partial charge on any atom is -0.465 e. The Bertz CT molecular complexity index is 2670. The summed E-state index contributed by atoms with van der Waals surface area (Å²) in [5, 5.41) is 3.88. The number of hydrogen-bond acceptors (Lipinski definition) is 14. The molecule has 0 N–H and O–H groups in total. The molecule has 4 saturated heterocycles. The molecule has 14 nitrogen and oxygen atoms in total. The van der Waals surface area contributed by atoms with Gasteiger partial charge in [-0.05, 0) is 32.0 Å². The molecular weight excluding hydrogens is 1090 g/mol. The Hall–Kier alpha value is -3.47. The molecule has 4 aliphatic heterocycles. The van der Waals surface area contributed by atoms with Crippen molar-refractivity contribution in [2.24, 2.45) is 0 Å². The van der Waals surface area contributed by atoms with Crippen LogP contribution in [0.4, 0.5) is 0 Å². The summed E-state index contributed by atoms with van der Waals surface area (Å²) in [6, 6.07) is 58.1. The minimum absolute atomic E-state index is 0.0287. The Morgan fingerprint density at radius 3 is 1.36 bits per heavy atom. The van der Waals surface area contributed by atoms with Gasteiger partial charge >= 0.3 is 68.1 Å². The summed E-state index contributed by atoms with van der Waals surface area (Å²) < 4.78 is 95.4. The van der Waals surface area contributed by atoms with Crippen molar-refractivity contribution in [3.63, 3.8) is 0 Å². The van der Waals surface area contributed by atoms with E-state index in [1.807, 2.05) is 182 Å². The van der Waals surface area contributed by atoms with Gasteiger partial charge in [-0.25, -0.2) is 0 Å². The Kier molecular flexibility index (Phi) is 15.8. The summed E-state index contributed by atoms with van der Waals surface area (Å²) in [7, 11) is -29.7. The third-order valence-corrected chi connectivity index (χ3v) is 43.0. The molecular formula is C47H55BrO14Si8. The smallest absolute Gasteiger partial charge is 0.465 e. The molecule has 0 saturated carbocycles. The maximum absolute atomic E-state index is 13.2. The highest BCUT2D eigenvalue weighted by Gasteiger charge is 2.78. The lowest BCUT2D eigenvalue weighted by atomic mass is 10.2. The lowest BCUT2D eigenvalue weighted by Crippen LogP contribution is -2.88. The number of methoxy groups -OCH3 is 1. The molecule has 23 heteroatoms. The molecule has 8 atom stereocenters. The number of carbonyl (C=O) groups excluding carboxylic acids is 1. The first-order valence-corrected chi connectivity index (χ1v) is 38.3. The van der Waals surface area contributed by atoms with Gasteiger partial charge in [0.1, 0.15) is 4.32 Å². The maximum atomic E-state index is 13.2. The van der Waals surface area contributed by atoms with E-state index in [0.29, 0.717) is 25.9 Å². The van der Waals surface area contributed by atoms with Crippen molar-refractivity contribution in [3.05, 3.63) is 182 Å². The molecule has 6 aromatic carbocycles. The van der Waals surface area contributed by atoms with Crippen molar-refractivity contribution in [1.29, 1.82) is 0 Å². The van der Waals surface area contributed by atoms with E-state index in [1.165, 1.54) is 0 Å². The van der Waals surface area contributed by atoms with Crippen molar-refractivity contribution in [1.82, 2.24) is 0 Å². The zero-order valence-corrected chi connectivity index (χ0v) is 49.3. The normalized spacial score (nSPS) is 30.7. The van der Waals surface area contributed by atoms with Crippen LogP contribution in [0.2, 0.25) is 12.6 Å². The Labute approximate surface area is 427 Å². The van der Waals surface area contributed by atoms with E-state index in [2.05, 4.69) is 27.2 Å². The second-order valence-corrected chi connectivity index (χ2v) is 41.8. The van der Waals surface area contributed by atoms with Crippen LogP contribution in [0.5, 0.6) is 0 Å². The van der Waals surface area contributed by atoms with Crippen LogP contribution in [-0.2, 0) is 59.8 Å². The van der Waals surface area contributed by atoms with Gasteiger partial charge in [-0.15, -0.1) is 0 Å². The van der Waals surface area contributed by atoms with E-state index >= 15 is 0 Å². The molecule has 8 unspecified atom stereocenters. The Morgan fingerprint density at radius 2 is 0.886 bits per heavy atom. The van der Waals surface area contributed by atoms with Gasteiger partial charge in [0, 0.05) is 46.2 Å². The van der Waals surface area contributed by atoms with Crippen molar-refractivity contribution in [3.8, 4) is 0 Å². The Balaban J connectivity index is 0.00000198. The predicted octanol–water partition coefficient (Wildman–Crippen LogP) is 3.78. The fourth-order valence-corrected chi connectivity index (χ4v) is 49.0. The highest BCUT2D eigenvalue weighted by atomic mass is 79.9. The number of ether oxygens (including phenoxy) is 2. The molecule has 6 bridgehead atoms. The van der Waals surface area contributed by atoms with Gasteiger partial charge < -0.3 is 55.1 Å². The zero-order chi connectivity index (χ0) is 48.9. The van der Waals surface area contributed by atoms with E-state index in [4.69, 9.17) is 50.3 Å². The zero-order valence-electron chi connectivity index (χ0n) is 39.4. The van der Waals surface area contributed by atoms with E-state index < -0.39 is 81.4 Å². The number of rotatable bonds is 11. The first-order valence-electron chi connectivity index (χ1n) is 23.0. The molecule has 4 fully saturated rings. The molecule has 70 heavy (non-hydrogen) atoms. The van der Waals surface area contributed by atoms with E-state index in [1.54, 1.807) is 28.1 Å². The number of halogens is 1. The highest BCUT2D eigenvalue weighted by molar-refractivity contribution is 9.10. The topological polar surface area (TPSA) is 137 Å². The maximum Gasteiger partial charge on any atom is 0.522 e. The highest BCUT2D eigenvalue weighted by Crippen LogP contribution is 2.43. The number of esters is 1. The first kappa shape index (κ1) is 51.4. The lowest BCUT2D eigenvalue weighted by molar-refractivity contribution is -0.145. The predicted molar refractivity (Wildman–Crippen MR) is 284 cm³/mol. The molecule has 366 valence electrons. The van der Waals surface area contributed by atoms with Crippen LogP contribution in [0, 0.1) is 0 Å². The summed E-state index contributed by atoms with van der Waals surface area (Å²) in [5.74, 6) is -0.416. The first-order chi connectivity index (χ1) is 33.8. The fraction of sp³-hybridized carbons (Fsp3) is 0.213. The van der Waals surface area contributed by atoms with Gasteiger partial charge in [0.05, 0.1) is 12.8 Å². The van der Waals surface area contributed by atoms with Crippen molar-refractivity contribution < 1.29 is 59.8 Å². The van der Waals surface area contributed by atoms with Crippen LogP contribution in [0.3, 0.4) is 0 Å². The van der Waals surface area contributed by atoms with Gasteiger partial charge in [-0.2, -0.15) is 0 Å². The third kappa shape index (κ3) is 10.8. The van der Waals surface area contributed by atoms with Gasteiger partial charge in [0.2, 0.25) is 0 Å². The SMILES string of the molecule is COC.C[SiH]1CO[Si]2(c3ccccc3)O[Si]3(CCCOC(=O)C(C)(C)Br)O[SiH](c4ccccc4)O[Si]4(c5ccccc5)O[Si](c5ccccc5)(O1)O[Si](c1ccccc1)(O2)O[Si](c1ccccc1)(O3)O4. The monoisotopic (exact) mass is 1150 g/mol. The standard InChI is InChI=1S/C45H49BrO13Si8.C2H6O/c1-45(2,46)44(47)48-35-22-36-62-51-61(38-23-10-4-11-24-38)52-65(41-29-16-7-17-30-41)56-64(40-27-14-6-15-28-40)50-60(3)37-49-63(53-62,39-25-12-5-13-26-39)55-67(57-64,43-33-20-9-21-34-43)59-66(54-62,58-65)42-31-18-8-19-32-42;1-3-2/h4-21,23-34,60-61H,22,35-37H2,1-3H3;1-2H3. The van der Waals surface area contributed by atoms with Crippen molar-refractivity contribution in [2.75, 3.05) is 27.1 Å². The fourth-order valence-electron chi connectivity index (χ4n) is 8.23. The van der Waals surface area contributed by atoms with Crippen LogP contribution in [0.25, 0.3) is 0 Å². The number of benzene rings is 6. The number of fused-ring (bicyclic) bond motifs is 4. The molecule has 4 heterocycles. The third-order valence-electron chi connectivity index (χ3n) is 11.4. The second kappa shape index (κ2) is 21.5. The number of alkyl halides is 1. The lowest BCUT2D eigenvalue weighted by Gasteiger charge is -2.56. The minimum atomic E-state index is -4.66. The molecule has 4 aliphatic rings. The molecule has 0 spiro atoms. The van der Waals surface area contributed by atoms with Gasteiger partial charge in [-0.1, -0.05) is 198 Å². The van der Waals surface area contributed by atoms with Crippen LogP contribution in [-0.4, -0.2) is 109 Å². The van der Waals surface area contributed by atoms with Crippen LogP contribution in [0.1, 0.15) is 20.3 Å². The van der Waals surface area contributed by atoms with Gasteiger partial charge in [0.25, 0.3) is 0 Å². The quantitative estimate of drug-likeness (QED) is 0.0806. The molecule has 10 rings (SSSR count). The second-order valence-electron chi connectivity index (χ2n) is 17.3. The summed E-state index contributed by atoms with van der Waals surface area (Å²) >= 11 is 3.46. The molecule has 0 aromatic heterocycles. The van der Waals surface area contributed by atoms with Crippen LogP contribution >= 0.6 is 15.9 Å². The van der Waals surface area contributed by atoms with Crippen molar-refractivity contribution in [2.45, 2.75) is 37.2 Å². The van der Waals surface area contributed by atoms with Gasteiger partial charge in [0.15, 0.2) is 9.04 Å². The average molecular weight is 1150 g/mol. The molecule has 0 amide bonds. The van der Waals surface area contributed by atoms with E-state index in [0.717, 1.165) is 5.19 Å². The summed E-state index contributed by atoms with van der Waals surface area (Å²) in [6.45, 7) is 5.57. The number of hydrogen-bond donors (Lipinski definition) is 0.